The molecule has 0 radical (unpaired) electrons. The molecule has 0 saturated carbocycles. The lowest BCUT2D eigenvalue weighted by atomic mass is 10.2. The Bertz CT molecular complexity index is 572. The van der Waals surface area contributed by atoms with E-state index >= 15 is 0 Å². The first kappa shape index (κ1) is 12.0. The highest BCUT2D eigenvalue weighted by molar-refractivity contribution is 8.24. The number of hydrogen-bond donors (Lipinski definition) is 0. The topological polar surface area (TPSA) is 3.24 Å². The number of rotatable bonds is 1. The van der Waals surface area contributed by atoms with Crippen LogP contribution in [-0.4, -0.2) is 9.57 Å². The fraction of sp³-hybridized carbons (Fsp3) is 0.0714. The minimum absolute atomic E-state index is 0.308. The molecule has 1 nitrogen and oxygen atoms in total. The molecule has 1 aromatic carbocycles. The largest absolute Gasteiger partial charge is 0.298 e. The smallest absolute Gasteiger partial charge is 0.146 e. The van der Waals surface area contributed by atoms with Crippen molar-refractivity contribution >= 4 is 45.6 Å². The highest BCUT2D eigenvalue weighted by atomic mass is 35.5. The third kappa shape index (κ3) is 2.14. The monoisotopic (exact) mass is 291 g/mol. The van der Waals surface area contributed by atoms with E-state index in [1.807, 2.05) is 36.4 Å². The van der Waals surface area contributed by atoms with Gasteiger partial charge in [0.15, 0.2) is 0 Å². The number of fused-ring (bicyclic) bond motifs is 1. The van der Waals surface area contributed by atoms with Crippen LogP contribution in [0.2, 0.25) is 5.02 Å². The molecule has 1 aliphatic carbocycles. The van der Waals surface area contributed by atoms with Crippen LogP contribution < -0.4 is 4.90 Å². The molecule has 0 N–H and O–H groups in total. The van der Waals surface area contributed by atoms with Crippen LogP contribution in [0.1, 0.15) is 0 Å². The number of nitrogens with zero attached hydrogens (tertiary/aromatic N) is 1. The lowest BCUT2D eigenvalue weighted by molar-refractivity contribution is 1.17. The second kappa shape index (κ2) is 4.92. The summed E-state index contributed by atoms with van der Waals surface area (Å²) in [7, 11) is 0. The molecule has 0 bridgehead atoms. The van der Waals surface area contributed by atoms with Crippen LogP contribution in [0.4, 0.5) is 5.69 Å². The predicted octanol–water partition coefficient (Wildman–Crippen LogP) is 4.56. The number of thioether (sulfide) groups is 1. The van der Waals surface area contributed by atoms with Gasteiger partial charge >= 0.3 is 0 Å². The van der Waals surface area contributed by atoms with Gasteiger partial charge < -0.3 is 0 Å². The molecule has 4 heteroatoms. The Balaban J connectivity index is 2.03. The summed E-state index contributed by atoms with van der Waals surface area (Å²) in [5, 5.41) is 1.05. The summed E-state index contributed by atoms with van der Waals surface area (Å²) in [6.45, 7) is 0. The number of anilines is 1. The molecule has 2 aliphatic rings. The highest BCUT2D eigenvalue weighted by Crippen LogP contribution is 2.40. The maximum Gasteiger partial charge on any atom is 0.146 e. The third-order valence-corrected chi connectivity index (χ3v) is 4.58. The number of benzene rings is 1. The van der Waals surface area contributed by atoms with Crippen LogP contribution >= 0.6 is 35.6 Å². The van der Waals surface area contributed by atoms with E-state index in [2.05, 4.69) is 23.1 Å². The summed E-state index contributed by atoms with van der Waals surface area (Å²) in [6.07, 6.45) is 10.4. The minimum Gasteiger partial charge on any atom is -0.298 e. The van der Waals surface area contributed by atoms with Crippen molar-refractivity contribution in [3.05, 3.63) is 65.4 Å². The van der Waals surface area contributed by atoms with Crippen molar-refractivity contribution in [2.24, 2.45) is 0 Å². The van der Waals surface area contributed by atoms with Gasteiger partial charge in [-0.2, -0.15) is 0 Å². The van der Waals surface area contributed by atoms with E-state index in [-0.39, 0.29) is 0 Å². The summed E-state index contributed by atoms with van der Waals surface area (Å²) in [6, 6.07) is 7.77. The molecule has 1 aliphatic heterocycles. The van der Waals surface area contributed by atoms with Gasteiger partial charge in [-0.15, -0.1) is 0 Å². The van der Waals surface area contributed by atoms with Crippen LogP contribution in [0.25, 0.3) is 0 Å². The molecule has 1 unspecified atom stereocenters. The predicted molar refractivity (Wildman–Crippen MR) is 84.3 cm³/mol. The zero-order valence-electron chi connectivity index (χ0n) is 9.42. The van der Waals surface area contributed by atoms with Crippen molar-refractivity contribution in [1.29, 1.82) is 0 Å². The SMILES string of the molecule is S=C1SC2C=CC=CC=C2N1c1ccc(Cl)cc1. The van der Waals surface area contributed by atoms with Gasteiger partial charge in [0.05, 0.1) is 5.25 Å². The lowest BCUT2D eigenvalue weighted by Gasteiger charge is -2.20. The van der Waals surface area contributed by atoms with Gasteiger partial charge in [0.2, 0.25) is 0 Å². The van der Waals surface area contributed by atoms with E-state index in [4.69, 9.17) is 23.8 Å². The molecule has 90 valence electrons. The summed E-state index contributed by atoms with van der Waals surface area (Å²) < 4.78 is 0.883. The van der Waals surface area contributed by atoms with Crippen molar-refractivity contribution in [3.8, 4) is 0 Å². The van der Waals surface area contributed by atoms with E-state index in [9.17, 15) is 0 Å². The fourth-order valence-electron chi connectivity index (χ4n) is 1.99. The molecule has 1 heterocycles. The number of halogens is 1. The molecule has 1 saturated heterocycles. The number of hydrogen-bond acceptors (Lipinski definition) is 2. The third-order valence-electron chi connectivity index (χ3n) is 2.82. The summed E-state index contributed by atoms with van der Waals surface area (Å²) in [5.74, 6) is 0. The number of allylic oxidation sites excluding steroid dienone is 4. The van der Waals surface area contributed by atoms with E-state index in [1.165, 1.54) is 5.70 Å². The van der Waals surface area contributed by atoms with Crippen LogP contribution in [-0.2, 0) is 0 Å². The van der Waals surface area contributed by atoms with Gasteiger partial charge in [-0.1, -0.05) is 59.9 Å². The molecule has 1 fully saturated rings. The summed E-state index contributed by atoms with van der Waals surface area (Å²) in [5.41, 5.74) is 2.27. The number of thiocarbonyl (C=S) groups is 1. The second-order valence-electron chi connectivity index (χ2n) is 3.98. The molecular formula is C14H10ClNS2. The Morgan fingerprint density at radius 1 is 1.11 bits per heavy atom. The second-order valence-corrected chi connectivity index (χ2v) is 6.19. The Kier molecular flexibility index (Phi) is 3.29. The molecule has 0 amide bonds. The average Bonchev–Trinajstić information content (AvgIpc) is 2.54. The highest BCUT2D eigenvalue weighted by Gasteiger charge is 2.32. The standard InChI is InChI=1S/C14H10ClNS2/c15-10-6-8-11(9-7-10)16-12-4-2-1-3-5-13(12)18-14(16)17/h1-9,13H. The first-order valence-electron chi connectivity index (χ1n) is 5.57. The summed E-state index contributed by atoms with van der Waals surface area (Å²) >= 11 is 13.1. The van der Waals surface area contributed by atoms with Gasteiger partial charge in [-0.3, -0.25) is 4.90 Å². The Labute approximate surface area is 121 Å². The van der Waals surface area contributed by atoms with E-state index in [0.717, 1.165) is 15.0 Å². The maximum atomic E-state index is 5.92. The zero-order chi connectivity index (χ0) is 12.5. The summed E-state index contributed by atoms with van der Waals surface area (Å²) in [4.78, 5) is 2.11. The molecule has 0 aromatic heterocycles. The quantitative estimate of drug-likeness (QED) is 0.699. The molecule has 3 rings (SSSR count). The zero-order valence-corrected chi connectivity index (χ0v) is 11.8. The molecule has 1 aromatic rings. The van der Waals surface area contributed by atoms with E-state index in [1.54, 1.807) is 11.8 Å². The van der Waals surface area contributed by atoms with E-state index < -0.39 is 0 Å². The van der Waals surface area contributed by atoms with Crippen molar-refractivity contribution in [2.45, 2.75) is 5.25 Å². The Morgan fingerprint density at radius 3 is 2.67 bits per heavy atom. The van der Waals surface area contributed by atoms with Crippen LogP contribution in [0, 0.1) is 0 Å². The molecule has 18 heavy (non-hydrogen) atoms. The Hall–Kier alpha value is -1.03. The van der Waals surface area contributed by atoms with Gasteiger partial charge in [0.1, 0.15) is 4.32 Å². The van der Waals surface area contributed by atoms with Gasteiger partial charge in [-0.25, -0.2) is 0 Å². The van der Waals surface area contributed by atoms with Crippen molar-refractivity contribution in [3.63, 3.8) is 0 Å². The molecule has 1 atom stereocenters. The van der Waals surface area contributed by atoms with Crippen molar-refractivity contribution in [2.75, 3.05) is 4.90 Å². The van der Waals surface area contributed by atoms with Crippen LogP contribution in [0.3, 0.4) is 0 Å². The van der Waals surface area contributed by atoms with Crippen molar-refractivity contribution in [1.82, 2.24) is 0 Å². The van der Waals surface area contributed by atoms with Crippen LogP contribution in [0.15, 0.2) is 60.3 Å². The fourth-order valence-corrected chi connectivity index (χ4v) is 3.64. The lowest BCUT2D eigenvalue weighted by Crippen LogP contribution is -2.21. The first-order valence-corrected chi connectivity index (χ1v) is 7.24. The Morgan fingerprint density at radius 2 is 1.89 bits per heavy atom. The van der Waals surface area contributed by atoms with Gasteiger partial charge in [0.25, 0.3) is 0 Å². The van der Waals surface area contributed by atoms with Crippen molar-refractivity contribution < 1.29 is 0 Å². The van der Waals surface area contributed by atoms with Gasteiger partial charge in [0, 0.05) is 16.4 Å². The van der Waals surface area contributed by atoms with E-state index in [0.29, 0.717) is 5.25 Å². The molecule has 0 spiro atoms. The molecular weight excluding hydrogens is 282 g/mol. The normalized spacial score (nSPS) is 21.8. The first-order chi connectivity index (χ1) is 8.75. The maximum absolute atomic E-state index is 5.92. The average molecular weight is 292 g/mol. The minimum atomic E-state index is 0.308. The van der Waals surface area contributed by atoms with Gasteiger partial charge in [-0.05, 0) is 30.3 Å². The van der Waals surface area contributed by atoms with Crippen LogP contribution in [0.5, 0.6) is 0 Å².